The second kappa shape index (κ2) is 12.0. The molecule has 0 saturated heterocycles. The van der Waals surface area contributed by atoms with Crippen LogP contribution in [0.25, 0.3) is 22.3 Å². The van der Waals surface area contributed by atoms with Gasteiger partial charge in [0.15, 0.2) is 0 Å². The lowest BCUT2D eigenvalue weighted by molar-refractivity contribution is 0.0697. The third kappa shape index (κ3) is 6.16. The molecule has 2 aromatic heterocycles. The fraction of sp³-hybridized carbons (Fsp3) is 0.156. The van der Waals surface area contributed by atoms with E-state index in [0.717, 1.165) is 18.2 Å². The molecule has 0 radical (unpaired) electrons. The molecule has 1 N–H and O–H groups in total. The number of benzene rings is 3. The third-order valence-corrected chi connectivity index (χ3v) is 6.79. The van der Waals surface area contributed by atoms with E-state index in [0.29, 0.717) is 16.9 Å². The molecule has 8 nitrogen and oxygen atoms in total. The summed E-state index contributed by atoms with van der Waals surface area (Å²) in [5.41, 5.74) is 1.31. The number of fused-ring (bicyclic) bond motifs is 1. The van der Waals surface area contributed by atoms with Gasteiger partial charge in [0, 0.05) is 30.2 Å². The number of ether oxygens (including phenoxy) is 1. The Labute approximate surface area is 243 Å². The van der Waals surface area contributed by atoms with Crippen LogP contribution in [-0.2, 0) is 19.6 Å². The van der Waals surface area contributed by atoms with Gasteiger partial charge in [-0.15, -0.1) is 0 Å². The number of nitriles is 2. The van der Waals surface area contributed by atoms with Crippen molar-refractivity contribution in [2.75, 3.05) is 0 Å². The molecular weight excluding hydrogens is 559 g/mol. The van der Waals surface area contributed by atoms with Crippen molar-refractivity contribution in [3.05, 3.63) is 112 Å². The second-order valence-electron chi connectivity index (χ2n) is 9.85. The number of hydrogen-bond acceptors (Lipinski definition) is 6. The van der Waals surface area contributed by atoms with Crippen LogP contribution in [0.15, 0.2) is 66.7 Å². The maximum Gasteiger partial charge on any atom is 0.335 e. The average Bonchev–Trinajstić information content (AvgIpc) is 3.33. The SMILES string of the molecule is C[C@H](C#N)Cn1c(Cc2cc(F)c(-c3cccc(OCc4ccc(C#N)cc4F)n3)cc2F)nc2ccc(C(=O)O)cc21. The highest BCUT2D eigenvalue weighted by molar-refractivity contribution is 5.92. The van der Waals surface area contributed by atoms with Crippen molar-refractivity contribution in [1.82, 2.24) is 14.5 Å². The Bertz CT molecular complexity index is 1960. The molecule has 0 spiro atoms. The van der Waals surface area contributed by atoms with Crippen LogP contribution >= 0.6 is 0 Å². The summed E-state index contributed by atoms with van der Waals surface area (Å²) in [5, 5.41) is 27.7. The van der Waals surface area contributed by atoms with Gasteiger partial charge in [0.1, 0.15) is 29.9 Å². The highest BCUT2D eigenvalue weighted by Gasteiger charge is 2.19. The topological polar surface area (TPSA) is 125 Å². The van der Waals surface area contributed by atoms with E-state index in [1.165, 1.54) is 42.5 Å². The molecule has 0 aliphatic carbocycles. The van der Waals surface area contributed by atoms with Crippen molar-refractivity contribution >= 4 is 17.0 Å². The Morgan fingerprint density at radius 2 is 1.77 bits per heavy atom. The van der Waals surface area contributed by atoms with Crippen LogP contribution in [0.3, 0.4) is 0 Å². The molecule has 43 heavy (non-hydrogen) atoms. The Balaban J connectivity index is 1.42. The maximum atomic E-state index is 15.4. The highest BCUT2D eigenvalue weighted by Crippen LogP contribution is 2.28. The number of pyridine rings is 1. The number of carbonyl (C=O) groups is 1. The summed E-state index contributed by atoms with van der Waals surface area (Å²) in [6, 6.07) is 18.9. The van der Waals surface area contributed by atoms with E-state index in [1.807, 2.05) is 6.07 Å². The van der Waals surface area contributed by atoms with Gasteiger partial charge >= 0.3 is 5.97 Å². The molecule has 0 aliphatic heterocycles. The molecule has 0 amide bonds. The number of hydrogen-bond donors (Lipinski definition) is 1. The van der Waals surface area contributed by atoms with Gasteiger partial charge in [0.2, 0.25) is 5.88 Å². The summed E-state index contributed by atoms with van der Waals surface area (Å²) in [7, 11) is 0. The van der Waals surface area contributed by atoms with Crippen molar-refractivity contribution in [2.45, 2.75) is 26.5 Å². The van der Waals surface area contributed by atoms with Crippen molar-refractivity contribution in [3.63, 3.8) is 0 Å². The number of aromatic nitrogens is 3. The first kappa shape index (κ1) is 28.8. The maximum absolute atomic E-state index is 15.4. The summed E-state index contributed by atoms with van der Waals surface area (Å²) >= 11 is 0. The van der Waals surface area contributed by atoms with E-state index < -0.39 is 29.3 Å². The molecule has 2 heterocycles. The van der Waals surface area contributed by atoms with Crippen LogP contribution in [0.5, 0.6) is 5.88 Å². The largest absolute Gasteiger partial charge is 0.478 e. The van der Waals surface area contributed by atoms with Gasteiger partial charge < -0.3 is 14.4 Å². The van der Waals surface area contributed by atoms with Crippen LogP contribution in [0.1, 0.15) is 39.8 Å². The summed E-state index contributed by atoms with van der Waals surface area (Å²) in [5.74, 6) is -3.26. The Morgan fingerprint density at radius 3 is 2.49 bits per heavy atom. The van der Waals surface area contributed by atoms with Gasteiger partial charge in [0.25, 0.3) is 0 Å². The molecule has 0 aliphatic rings. The molecule has 5 aromatic rings. The molecule has 0 saturated carbocycles. The quantitative estimate of drug-likeness (QED) is 0.213. The number of carboxylic acid groups (broad SMARTS) is 1. The molecule has 214 valence electrons. The molecule has 11 heteroatoms. The minimum Gasteiger partial charge on any atom is -0.478 e. The van der Waals surface area contributed by atoms with Gasteiger partial charge in [-0.25, -0.2) is 27.9 Å². The van der Waals surface area contributed by atoms with Gasteiger partial charge in [0.05, 0.1) is 45.9 Å². The number of nitrogens with zero attached hydrogens (tertiary/aromatic N) is 5. The van der Waals surface area contributed by atoms with Crippen molar-refractivity contribution in [1.29, 1.82) is 10.5 Å². The van der Waals surface area contributed by atoms with Crippen LogP contribution < -0.4 is 4.74 Å². The van der Waals surface area contributed by atoms with Crippen LogP contribution in [0.2, 0.25) is 0 Å². The highest BCUT2D eigenvalue weighted by atomic mass is 19.1. The van der Waals surface area contributed by atoms with Crippen molar-refractivity contribution in [2.24, 2.45) is 5.92 Å². The lowest BCUT2D eigenvalue weighted by atomic mass is 10.0. The van der Waals surface area contributed by atoms with Gasteiger partial charge in [-0.1, -0.05) is 12.1 Å². The van der Waals surface area contributed by atoms with E-state index in [4.69, 9.17) is 10.00 Å². The Kier molecular flexibility index (Phi) is 8.08. The molecule has 3 aromatic carbocycles. The van der Waals surface area contributed by atoms with Gasteiger partial charge in [-0.05, 0) is 61.0 Å². The predicted molar refractivity (Wildman–Crippen MR) is 149 cm³/mol. The fourth-order valence-electron chi connectivity index (χ4n) is 4.58. The molecule has 5 rings (SSSR count). The van der Waals surface area contributed by atoms with Crippen LogP contribution in [0, 0.1) is 46.0 Å². The number of carboxylic acids is 1. The standard InChI is InChI=1S/C32H22F3N5O3/c1-18(14-36)16-40-29-11-20(32(41)42)7-8-28(29)38-30(40)12-22-10-26(35)23(13-25(22)34)27-3-2-4-31(39-27)43-17-21-6-5-19(15-37)9-24(21)33/h2-11,13,18H,12,16-17H2,1H3,(H,41,42)/t18-/m1/s1. The lowest BCUT2D eigenvalue weighted by Gasteiger charge is -2.13. The van der Waals surface area contributed by atoms with Crippen LogP contribution in [0.4, 0.5) is 13.2 Å². The first-order valence-electron chi connectivity index (χ1n) is 13.1. The second-order valence-corrected chi connectivity index (χ2v) is 9.85. The lowest BCUT2D eigenvalue weighted by Crippen LogP contribution is -2.11. The van der Waals surface area contributed by atoms with Crippen LogP contribution in [-0.4, -0.2) is 25.6 Å². The summed E-state index contributed by atoms with van der Waals surface area (Å²) < 4.78 is 52.2. The van der Waals surface area contributed by atoms with E-state index in [9.17, 15) is 19.6 Å². The van der Waals surface area contributed by atoms with Crippen molar-refractivity contribution in [3.8, 4) is 29.3 Å². The molecule has 0 bridgehead atoms. The van der Waals surface area contributed by atoms with E-state index in [-0.39, 0.29) is 59.0 Å². The van der Waals surface area contributed by atoms with Gasteiger partial charge in [-0.3, -0.25) is 0 Å². The predicted octanol–water partition coefficient (Wildman–Crippen LogP) is 6.41. The van der Waals surface area contributed by atoms with E-state index >= 15 is 8.78 Å². The zero-order chi connectivity index (χ0) is 30.7. The first-order chi connectivity index (χ1) is 20.7. The normalized spacial score (nSPS) is 11.6. The van der Waals surface area contributed by atoms with Gasteiger partial charge in [-0.2, -0.15) is 10.5 Å². The number of aromatic carboxylic acids is 1. The molecule has 1 atom stereocenters. The summed E-state index contributed by atoms with van der Waals surface area (Å²) in [6.07, 6.45) is -0.120. The first-order valence-corrected chi connectivity index (χ1v) is 13.1. The summed E-state index contributed by atoms with van der Waals surface area (Å²) in [6.45, 7) is 1.68. The fourth-order valence-corrected chi connectivity index (χ4v) is 4.58. The van der Waals surface area contributed by atoms with E-state index in [1.54, 1.807) is 17.6 Å². The smallest absolute Gasteiger partial charge is 0.335 e. The molecule has 0 unspecified atom stereocenters. The minimum atomic E-state index is -1.13. The number of imidazole rings is 1. The van der Waals surface area contributed by atoms with Crippen molar-refractivity contribution < 1.29 is 27.8 Å². The molecule has 0 fully saturated rings. The Hall–Kier alpha value is -5.68. The molecular formula is C32H22F3N5O3. The number of rotatable bonds is 9. The minimum absolute atomic E-state index is 0.00423. The Morgan fingerprint density at radius 1 is 0.977 bits per heavy atom. The van der Waals surface area contributed by atoms with E-state index in [2.05, 4.69) is 16.0 Å². The zero-order valence-electron chi connectivity index (χ0n) is 22.7. The average molecular weight is 582 g/mol. The third-order valence-electron chi connectivity index (χ3n) is 6.79. The summed E-state index contributed by atoms with van der Waals surface area (Å²) in [4.78, 5) is 20.3. The zero-order valence-corrected chi connectivity index (χ0v) is 22.7. The number of halogens is 3. The monoisotopic (exact) mass is 581 g/mol.